The fourth-order valence-electron chi connectivity index (χ4n) is 1.46. The van der Waals surface area contributed by atoms with Crippen molar-refractivity contribution in [2.24, 2.45) is 0 Å². The quantitative estimate of drug-likeness (QED) is 0.757. The van der Waals surface area contributed by atoms with Crippen LogP contribution < -0.4 is 5.32 Å². The van der Waals surface area contributed by atoms with Gasteiger partial charge in [-0.2, -0.15) is 0 Å². The monoisotopic (exact) mass is 289 g/mol. The van der Waals surface area contributed by atoms with Gasteiger partial charge in [0, 0.05) is 27.3 Å². The molecule has 0 saturated carbocycles. The van der Waals surface area contributed by atoms with Crippen molar-refractivity contribution in [1.29, 1.82) is 0 Å². The maximum absolute atomic E-state index is 5.84. The molecule has 0 aliphatic carbocycles. The highest BCUT2D eigenvalue weighted by atomic mass is 35.5. The number of benzene rings is 1. The van der Waals surface area contributed by atoms with Crippen molar-refractivity contribution < 1.29 is 0 Å². The molecule has 1 aromatic rings. The van der Waals surface area contributed by atoms with Crippen molar-refractivity contribution in [3.8, 4) is 0 Å². The van der Waals surface area contributed by atoms with Crippen LogP contribution in [0.1, 0.15) is 25.5 Å². The molecule has 0 amide bonds. The molecule has 0 heterocycles. The Bertz CT molecular complexity index is 362. The van der Waals surface area contributed by atoms with Gasteiger partial charge < -0.3 is 5.32 Å². The maximum Gasteiger partial charge on any atom is 0.0396 e. The Morgan fingerprint density at radius 3 is 2.59 bits per heavy atom. The Balaban J connectivity index is 2.55. The second-order valence-corrected chi connectivity index (χ2v) is 5.45. The van der Waals surface area contributed by atoms with Gasteiger partial charge in [-0.15, -0.1) is 11.8 Å². The summed E-state index contributed by atoms with van der Waals surface area (Å²) in [5.41, 5.74) is 2.71. The van der Waals surface area contributed by atoms with Crippen molar-refractivity contribution in [2.45, 2.75) is 24.8 Å². The third kappa shape index (κ3) is 5.35. The molecule has 1 aromatic carbocycles. The third-order valence-corrected chi connectivity index (χ3v) is 4.22. The van der Waals surface area contributed by atoms with E-state index >= 15 is 0 Å². The van der Waals surface area contributed by atoms with Gasteiger partial charge in [0.05, 0.1) is 0 Å². The molecule has 0 fully saturated rings. The average molecular weight is 290 g/mol. The molecule has 1 N–H and O–H groups in total. The van der Waals surface area contributed by atoms with E-state index in [1.807, 2.05) is 0 Å². The summed E-state index contributed by atoms with van der Waals surface area (Å²) >= 11 is 13.0. The van der Waals surface area contributed by atoms with Crippen LogP contribution in [0.4, 0.5) is 0 Å². The second-order valence-electron chi connectivity index (χ2n) is 3.69. The molecule has 0 aromatic heterocycles. The van der Waals surface area contributed by atoms with E-state index in [1.54, 1.807) is 11.8 Å². The van der Waals surface area contributed by atoms with Crippen LogP contribution in [0.5, 0.6) is 0 Å². The van der Waals surface area contributed by atoms with Gasteiger partial charge in [0.2, 0.25) is 0 Å². The van der Waals surface area contributed by atoms with Crippen LogP contribution in [0.2, 0.25) is 0 Å². The minimum Gasteiger partial charge on any atom is -0.310 e. The standard InChI is InChI=1S/C13H17Cl2NS/c1-3-16-10(2)11-4-6-13(7-5-11)17-9-12(15)8-14/h4-8,10,16H,3,9H2,1-2H3. The first kappa shape index (κ1) is 14.9. The Labute approximate surface area is 118 Å². The molecule has 1 unspecified atom stereocenters. The SMILES string of the molecule is CCNC(C)c1ccc(SCC(Cl)=CCl)cc1. The summed E-state index contributed by atoms with van der Waals surface area (Å²) in [6.07, 6.45) is 0. The lowest BCUT2D eigenvalue weighted by atomic mass is 10.1. The first-order valence-electron chi connectivity index (χ1n) is 5.58. The van der Waals surface area contributed by atoms with Gasteiger partial charge in [0.15, 0.2) is 0 Å². The average Bonchev–Trinajstić information content (AvgIpc) is 2.36. The molecule has 0 spiro atoms. The fourth-order valence-corrected chi connectivity index (χ4v) is 2.51. The number of hydrogen-bond donors (Lipinski definition) is 1. The van der Waals surface area contributed by atoms with Crippen molar-refractivity contribution in [2.75, 3.05) is 12.3 Å². The molecule has 17 heavy (non-hydrogen) atoms. The lowest BCUT2D eigenvalue weighted by Gasteiger charge is -2.12. The lowest BCUT2D eigenvalue weighted by Crippen LogP contribution is -2.17. The van der Waals surface area contributed by atoms with Crippen molar-refractivity contribution in [1.82, 2.24) is 5.32 Å². The Kier molecular flexibility index (Phi) is 7.05. The molecule has 0 bridgehead atoms. The molecule has 0 radical (unpaired) electrons. The van der Waals surface area contributed by atoms with Gasteiger partial charge >= 0.3 is 0 Å². The largest absolute Gasteiger partial charge is 0.310 e. The number of halogens is 2. The lowest BCUT2D eigenvalue weighted by molar-refractivity contribution is 0.598. The van der Waals surface area contributed by atoms with E-state index in [-0.39, 0.29) is 0 Å². The topological polar surface area (TPSA) is 12.0 Å². The summed E-state index contributed by atoms with van der Waals surface area (Å²) in [7, 11) is 0. The van der Waals surface area contributed by atoms with Gasteiger partial charge in [-0.05, 0) is 31.2 Å². The predicted octanol–water partition coefficient (Wildman–Crippen LogP) is 4.77. The summed E-state index contributed by atoms with van der Waals surface area (Å²) < 4.78 is 0. The van der Waals surface area contributed by atoms with Gasteiger partial charge in [0.1, 0.15) is 0 Å². The fraction of sp³-hybridized carbons (Fsp3) is 0.385. The Morgan fingerprint density at radius 2 is 2.06 bits per heavy atom. The molecule has 1 nitrogen and oxygen atoms in total. The molecule has 1 rings (SSSR count). The number of rotatable bonds is 6. The molecular weight excluding hydrogens is 273 g/mol. The van der Waals surface area contributed by atoms with Crippen molar-refractivity contribution in [3.05, 3.63) is 40.4 Å². The predicted molar refractivity (Wildman–Crippen MR) is 79.0 cm³/mol. The smallest absolute Gasteiger partial charge is 0.0396 e. The van der Waals surface area contributed by atoms with Crippen LogP contribution in [-0.4, -0.2) is 12.3 Å². The van der Waals surface area contributed by atoms with Crippen LogP contribution >= 0.6 is 35.0 Å². The maximum atomic E-state index is 5.84. The molecular formula is C13H17Cl2NS. The first-order chi connectivity index (χ1) is 8.17. The van der Waals surface area contributed by atoms with E-state index in [2.05, 4.69) is 43.4 Å². The number of nitrogens with one attached hydrogen (secondary N) is 1. The van der Waals surface area contributed by atoms with Crippen LogP contribution in [0.15, 0.2) is 39.7 Å². The van der Waals surface area contributed by atoms with E-state index in [0.29, 0.717) is 16.8 Å². The van der Waals surface area contributed by atoms with Crippen molar-refractivity contribution >= 4 is 35.0 Å². The highest BCUT2D eigenvalue weighted by molar-refractivity contribution is 7.99. The van der Waals surface area contributed by atoms with Crippen LogP contribution in [0, 0.1) is 0 Å². The zero-order valence-electron chi connectivity index (χ0n) is 10.0. The highest BCUT2D eigenvalue weighted by Crippen LogP contribution is 2.24. The molecule has 1 atom stereocenters. The zero-order chi connectivity index (χ0) is 12.7. The number of thioether (sulfide) groups is 1. The summed E-state index contributed by atoms with van der Waals surface area (Å²) in [6.45, 7) is 5.26. The van der Waals surface area contributed by atoms with Crippen molar-refractivity contribution in [3.63, 3.8) is 0 Å². The van der Waals surface area contributed by atoms with E-state index in [1.165, 1.54) is 16.0 Å². The van der Waals surface area contributed by atoms with Gasteiger partial charge in [-0.3, -0.25) is 0 Å². The second kappa shape index (κ2) is 8.04. The van der Waals surface area contributed by atoms with E-state index < -0.39 is 0 Å². The van der Waals surface area contributed by atoms with Gasteiger partial charge in [-0.25, -0.2) is 0 Å². The molecule has 0 saturated heterocycles. The van der Waals surface area contributed by atoms with E-state index in [9.17, 15) is 0 Å². The highest BCUT2D eigenvalue weighted by Gasteiger charge is 2.03. The van der Waals surface area contributed by atoms with E-state index in [0.717, 1.165) is 6.54 Å². The normalized spacial score (nSPS) is 13.8. The van der Waals surface area contributed by atoms with Crippen LogP contribution in [-0.2, 0) is 0 Å². The van der Waals surface area contributed by atoms with Gasteiger partial charge in [-0.1, -0.05) is 42.3 Å². The summed E-state index contributed by atoms with van der Waals surface area (Å²) in [5.74, 6) is 0.715. The number of hydrogen-bond acceptors (Lipinski definition) is 2. The summed E-state index contributed by atoms with van der Waals surface area (Å²) in [5, 5.41) is 4.05. The zero-order valence-corrected chi connectivity index (χ0v) is 12.4. The molecule has 94 valence electrons. The summed E-state index contributed by atoms with van der Waals surface area (Å²) in [6, 6.07) is 8.92. The minimum absolute atomic E-state index is 0.394. The summed E-state index contributed by atoms with van der Waals surface area (Å²) in [4.78, 5) is 1.20. The molecule has 4 heteroatoms. The first-order valence-corrected chi connectivity index (χ1v) is 7.38. The third-order valence-electron chi connectivity index (χ3n) is 2.39. The van der Waals surface area contributed by atoms with Gasteiger partial charge in [0.25, 0.3) is 0 Å². The molecule has 0 aliphatic rings. The Morgan fingerprint density at radius 1 is 1.41 bits per heavy atom. The molecule has 0 aliphatic heterocycles. The van der Waals surface area contributed by atoms with E-state index in [4.69, 9.17) is 23.2 Å². The minimum atomic E-state index is 0.394. The van der Waals surface area contributed by atoms with Crippen LogP contribution in [0.25, 0.3) is 0 Å². The Hall–Kier alpha value is -0.150. The van der Waals surface area contributed by atoms with Crippen LogP contribution in [0.3, 0.4) is 0 Å².